The number of rotatable bonds is 5. The van der Waals surface area contributed by atoms with Crippen molar-refractivity contribution < 1.29 is 8.78 Å². The molecule has 1 aromatic carbocycles. The zero-order valence-corrected chi connectivity index (χ0v) is 9.70. The van der Waals surface area contributed by atoms with Crippen molar-refractivity contribution in [3.05, 3.63) is 29.8 Å². The van der Waals surface area contributed by atoms with Gasteiger partial charge in [-0.15, -0.1) is 11.8 Å². The lowest BCUT2D eigenvalue weighted by Crippen LogP contribution is -2.21. The van der Waals surface area contributed by atoms with Crippen LogP contribution in [-0.4, -0.2) is 18.8 Å². The maximum Gasteiger partial charge on any atom is 0.136 e. The van der Waals surface area contributed by atoms with E-state index < -0.39 is 0 Å². The Balaban J connectivity index is 2.46. The number of benzene rings is 1. The second kappa shape index (κ2) is 6.08. The summed E-state index contributed by atoms with van der Waals surface area (Å²) in [5.74, 6) is 0.0432. The summed E-state index contributed by atoms with van der Waals surface area (Å²) in [6, 6.07) is 3.94. The second-order valence-electron chi connectivity index (χ2n) is 3.40. The normalized spacial score (nSPS) is 12.8. The summed E-state index contributed by atoms with van der Waals surface area (Å²) in [6.07, 6.45) is 0.928. The average molecular weight is 231 g/mol. The fourth-order valence-corrected chi connectivity index (χ4v) is 2.17. The first-order chi connectivity index (χ1) is 7.13. The molecule has 0 radical (unpaired) electrons. The number of halogens is 2. The van der Waals surface area contributed by atoms with E-state index in [9.17, 15) is 8.78 Å². The van der Waals surface area contributed by atoms with E-state index in [0.29, 0.717) is 10.9 Å². The lowest BCUT2D eigenvalue weighted by Gasteiger charge is -2.09. The smallest absolute Gasteiger partial charge is 0.136 e. The molecule has 1 nitrogen and oxygen atoms in total. The highest BCUT2D eigenvalue weighted by molar-refractivity contribution is 7.99. The molecule has 1 rings (SSSR count). The molecule has 0 aliphatic rings. The third-order valence-electron chi connectivity index (χ3n) is 2.19. The van der Waals surface area contributed by atoms with Gasteiger partial charge in [0.25, 0.3) is 0 Å². The highest BCUT2D eigenvalue weighted by Gasteiger charge is 2.05. The summed E-state index contributed by atoms with van der Waals surface area (Å²) < 4.78 is 26.0. The van der Waals surface area contributed by atoms with Crippen molar-refractivity contribution in [2.24, 2.45) is 0 Å². The average Bonchev–Trinajstić information content (AvgIpc) is 2.23. The molecule has 1 N–H and O–H groups in total. The Kier molecular flexibility index (Phi) is 5.05. The summed E-state index contributed by atoms with van der Waals surface area (Å²) in [7, 11) is 1.89. The molecular formula is C11H15F2NS. The molecule has 0 fully saturated rings. The van der Waals surface area contributed by atoms with Crippen molar-refractivity contribution in [1.29, 1.82) is 0 Å². The van der Waals surface area contributed by atoms with E-state index in [1.165, 1.54) is 23.9 Å². The highest BCUT2D eigenvalue weighted by Crippen LogP contribution is 2.23. The number of thioether (sulfide) groups is 1. The van der Waals surface area contributed by atoms with Gasteiger partial charge >= 0.3 is 0 Å². The SMILES string of the molecule is CNC(C)CCSc1cc(F)ccc1F. The summed E-state index contributed by atoms with van der Waals surface area (Å²) in [5, 5.41) is 3.10. The molecule has 1 aromatic rings. The predicted octanol–water partition coefficient (Wildman–Crippen LogP) is 3.05. The van der Waals surface area contributed by atoms with E-state index >= 15 is 0 Å². The van der Waals surface area contributed by atoms with Gasteiger partial charge in [-0.05, 0) is 44.3 Å². The van der Waals surface area contributed by atoms with Crippen molar-refractivity contribution in [3.8, 4) is 0 Å². The zero-order valence-electron chi connectivity index (χ0n) is 8.89. The van der Waals surface area contributed by atoms with E-state index in [1.807, 2.05) is 7.05 Å². The van der Waals surface area contributed by atoms with Crippen LogP contribution in [0.4, 0.5) is 8.78 Å². The van der Waals surface area contributed by atoms with Crippen LogP contribution in [0.5, 0.6) is 0 Å². The van der Waals surface area contributed by atoms with Crippen molar-refractivity contribution >= 4 is 11.8 Å². The first kappa shape index (κ1) is 12.5. The van der Waals surface area contributed by atoms with Gasteiger partial charge < -0.3 is 5.32 Å². The molecule has 0 heterocycles. The Morgan fingerprint density at radius 2 is 2.13 bits per heavy atom. The fourth-order valence-electron chi connectivity index (χ4n) is 1.08. The molecule has 0 aromatic heterocycles. The summed E-state index contributed by atoms with van der Waals surface area (Å²) in [5.41, 5.74) is 0. The molecule has 4 heteroatoms. The van der Waals surface area contributed by atoms with Crippen LogP contribution in [0.1, 0.15) is 13.3 Å². The Morgan fingerprint density at radius 1 is 1.40 bits per heavy atom. The van der Waals surface area contributed by atoms with E-state index in [2.05, 4.69) is 12.2 Å². The standard InChI is InChI=1S/C11H15F2NS/c1-8(14-2)5-6-15-11-7-9(12)3-4-10(11)13/h3-4,7-8,14H,5-6H2,1-2H3. The summed E-state index contributed by atoms with van der Waals surface area (Å²) >= 11 is 1.35. The van der Waals surface area contributed by atoms with Gasteiger partial charge in [-0.2, -0.15) is 0 Å². The number of hydrogen-bond donors (Lipinski definition) is 1. The fraction of sp³-hybridized carbons (Fsp3) is 0.455. The van der Waals surface area contributed by atoms with Crippen LogP contribution in [0, 0.1) is 11.6 Å². The Bertz CT molecular complexity index is 317. The van der Waals surface area contributed by atoms with Gasteiger partial charge in [0.05, 0.1) is 0 Å². The molecule has 0 aliphatic carbocycles. The van der Waals surface area contributed by atoms with Crippen molar-refractivity contribution in [1.82, 2.24) is 5.32 Å². The predicted molar refractivity (Wildman–Crippen MR) is 60.2 cm³/mol. The quantitative estimate of drug-likeness (QED) is 0.782. The number of hydrogen-bond acceptors (Lipinski definition) is 2. The van der Waals surface area contributed by atoms with Gasteiger partial charge in [0.15, 0.2) is 0 Å². The Morgan fingerprint density at radius 3 is 2.80 bits per heavy atom. The summed E-state index contributed by atoms with van der Waals surface area (Å²) in [6.45, 7) is 2.06. The monoisotopic (exact) mass is 231 g/mol. The lowest BCUT2D eigenvalue weighted by molar-refractivity contribution is 0.575. The highest BCUT2D eigenvalue weighted by atomic mass is 32.2. The maximum absolute atomic E-state index is 13.2. The molecule has 84 valence electrons. The third-order valence-corrected chi connectivity index (χ3v) is 3.26. The van der Waals surface area contributed by atoms with E-state index in [1.54, 1.807) is 0 Å². The van der Waals surface area contributed by atoms with Crippen LogP contribution in [0.25, 0.3) is 0 Å². The molecule has 0 spiro atoms. The van der Waals surface area contributed by atoms with E-state index in [4.69, 9.17) is 0 Å². The summed E-state index contributed by atoms with van der Waals surface area (Å²) in [4.78, 5) is 0.387. The molecule has 0 amide bonds. The minimum absolute atomic E-state index is 0.349. The zero-order chi connectivity index (χ0) is 11.3. The Hall–Kier alpha value is -0.610. The topological polar surface area (TPSA) is 12.0 Å². The minimum atomic E-state index is -0.388. The Labute approximate surface area is 93.3 Å². The van der Waals surface area contributed by atoms with Crippen LogP contribution >= 0.6 is 11.8 Å². The van der Waals surface area contributed by atoms with Gasteiger partial charge in [0.2, 0.25) is 0 Å². The molecular weight excluding hydrogens is 216 g/mol. The van der Waals surface area contributed by atoms with Gasteiger partial charge in [0.1, 0.15) is 11.6 Å². The molecule has 1 unspecified atom stereocenters. The van der Waals surface area contributed by atoms with Crippen LogP contribution in [0.15, 0.2) is 23.1 Å². The van der Waals surface area contributed by atoms with Crippen LogP contribution in [0.2, 0.25) is 0 Å². The first-order valence-corrected chi connectivity index (χ1v) is 5.87. The van der Waals surface area contributed by atoms with E-state index in [0.717, 1.165) is 18.2 Å². The number of nitrogens with one attached hydrogen (secondary N) is 1. The van der Waals surface area contributed by atoms with Gasteiger partial charge in [-0.3, -0.25) is 0 Å². The van der Waals surface area contributed by atoms with Gasteiger partial charge in [0, 0.05) is 10.9 Å². The van der Waals surface area contributed by atoms with Crippen LogP contribution in [-0.2, 0) is 0 Å². The van der Waals surface area contributed by atoms with Crippen molar-refractivity contribution in [2.45, 2.75) is 24.3 Å². The largest absolute Gasteiger partial charge is 0.317 e. The molecule has 0 aliphatic heterocycles. The molecule has 15 heavy (non-hydrogen) atoms. The maximum atomic E-state index is 13.2. The van der Waals surface area contributed by atoms with Crippen molar-refractivity contribution in [3.63, 3.8) is 0 Å². The van der Waals surface area contributed by atoms with Crippen molar-refractivity contribution in [2.75, 3.05) is 12.8 Å². The van der Waals surface area contributed by atoms with Crippen LogP contribution in [0.3, 0.4) is 0 Å². The molecule has 1 atom stereocenters. The van der Waals surface area contributed by atoms with Gasteiger partial charge in [-0.25, -0.2) is 8.78 Å². The minimum Gasteiger partial charge on any atom is -0.317 e. The van der Waals surface area contributed by atoms with E-state index in [-0.39, 0.29) is 11.6 Å². The molecule has 0 saturated carbocycles. The third kappa shape index (κ3) is 4.18. The molecule has 0 bridgehead atoms. The first-order valence-electron chi connectivity index (χ1n) is 4.88. The second-order valence-corrected chi connectivity index (χ2v) is 4.54. The van der Waals surface area contributed by atoms with Crippen LogP contribution < -0.4 is 5.32 Å². The molecule has 0 saturated heterocycles. The lowest BCUT2D eigenvalue weighted by atomic mass is 10.3. The van der Waals surface area contributed by atoms with Gasteiger partial charge in [-0.1, -0.05) is 0 Å².